The number of esters is 1. The number of amides is 2. The van der Waals surface area contributed by atoms with Crippen LogP contribution in [0.25, 0.3) is 0 Å². The van der Waals surface area contributed by atoms with Gasteiger partial charge in [-0.05, 0) is 24.6 Å². The van der Waals surface area contributed by atoms with Gasteiger partial charge < -0.3 is 29.7 Å². The Balaban J connectivity index is 1.70. The fraction of sp³-hybridized carbons (Fsp3) is 0.474. The lowest BCUT2D eigenvalue weighted by molar-refractivity contribution is -0.891. The van der Waals surface area contributed by atoms with E-state index in [1.807, 2.05) is 17.8 Å². The Hall–Kier alpha value is -2.39. The zero-order chi connectivity index (χ0) is 19.5. The van der Waals surface area contributed by atoms with Crippen molar-refractivity contribution >= 4 is 23.8 Å². The van der Waals surface area contributed by atoms with Crippen LogP contribution >= 0.6 is 11.8 Å². The summed E-state index contributed by atoms with van der Waals surface area (Å²) in [5.41, 5.74) is 1.83. The highest BCUT2D eigenvalue weighted by Crippen LogP contribution is 2.37. The second-order valence-electron chi connectivity index (χ2n) is 6.80. The van der Waals surface area contributed by atoms with Crippen LogP contribution in [-0.4, -0.2) is 56.5 Å². The molecule has 9 heteroatoms. The quantitative estimate of drug-likeness (QED) is 0.606. The number of benzene rings is 1. The maximum Gasteiger partial charge on any atom is 0.338 e. The molecule has 150 valence electrons. The number of carbonyl (C=O) groups is 2. The number of fused-ring (bicyclic) bond motifs is 1. The average molecular weight is 406 g/mol. The van der Waals surface area contributed by atoms with Gasteiger partial charge in [0.25, 0.3) is 0 Å². The zero-order valence-corrected chi connectivity index (χ0v) is 16.5. The van der Waals surface area contributed by atoms with Gasteiger partial charge >= 0.3 is 12.0 Å². The molecule has 3 N–H and O–H groups in total. The number of ether oxygens (including phenoxy) is 3. The summed E-state index contributed by atoms with van der Waals surface area (Å²) in [6.45, 7) is 4.80. The molecule has 3 aliphatic heterocycles. The van der Waals surface area contributed by atoms with Crippen molar-refractivity contribution < 1.29 is 28.7 Å². The Labute approximate surface area is 167 Å². The Morgan fingerprint density at radius 2 is 2.07 bits per heavy atom. The zero-order valence-electron chi connectivity index (χ0n) is 15.7. The third-order valence-electron chi connectivity index (χ3n) is 5.01. The van der Waals surface area contributed by atoms with Gasteiger partial charge in [-0.2, -0.15) is 11.8 Å². The lowest BCUT2D eigenvalue weighted by atomic mass is 9.94. The molecule has 3 aliphatic rings. The molecular weight excluding hydrogens is 382 g/mol. The third-order valence-corrected chi connectivity index (χ3v) is 5.99. The maximum atomic E-state index is 12.8. The molecule has 0 spiro atoms. The Bertz CT molecular complexity index is 807. The van der Waals surface area contributed by atoms with Gasteiger partial charge in [-0.15, -0.1) is 0 Å². The molecule has 0 aromatic heterocycles. The second-order valence-corrected chi connectivity index (χ2v) is 8.02. The summed E-state index contributed by atoms with van der Waals surface area (Å²) >= 11 is 1.93. The van der Waals surface area contributed by atoms with E-state index in [9.17, 15) is 9.59 Å². The van der Waals surface area contributed by atoms with Crippen LogP contribution in [0.15, 0.2) is 29.5 Å². The van der Waals surface area contributed by atoms with E-state index in [0.717, 1.165) is 30.2 Å². The van der Waals surface area contributed by atoms with Crippen molar-refractivity contribution in [2.45, 2.75) is 13.0 Å². The van der Waals surface area contributed by atoms with Crippen molar-refractivity contribution in [3.63, 3.8) is 0 Å². The monoisotopic (exact) mass is 406 g/mol. The molecule has 28 heavy (non-hydrogen) atoms. The van der Waals surface area contributed by atoms with Gasteiger partial charge in [0.15, 0.2) is 11.5 Å². The molecule has 2 amide bonds. The summed E-state index contributed by atoms with van der Waals surface area (Å²) in [5, 5.41) is 5.71. The van der Waals surface area contributed by atoms with Gasteiger partial charge in [0.05, 0.1) is 37.0 Å². The van der Waals surface area contributed by atoms with Gasteiger partial charge in [-0.1, -0.05) is 6.07 Å². The standard InChI is InChI=1S/C19H23N3O5S/c1-2-25-18(23)16-13(10-22-5-7-28-8-6-22)20-19(24)21-17(16)12-3-4-14-15(9-12)27-11-26-14/h3-4,9,17H,2,5-8,10-11H2,1H3,(H2,20,21,24)/p+1/t17-/m1/s1. The van der Waals surface area contributed by atoms with Gasteiger partial charge in [-0.3, -0.25) is 0 Å². The van der Waals surface area contributed by atoms with Crippen LogP contribution in [0.5, 0.6) is 11.5 Å². The molecule has 1 aromatic carbocycles. The molecule has 8 nitrogen and oxygen atoms in total. The summed E-state index contributed by atoms with van der Waals surface area (Å²) in [5.74, 6) is 3.00. The minimum Gasteiger partial charge on any atom is -0.463 e. The normalized spacial score (nSPS) is 21.9. The first-order chi connectivity index (χ1) is 13.7. The van der Waals surface area contributed by atoms with E-state index in [2.05, 4.69) is 10.6 Å². The minimum atomic E-state index is -0.601. The molecule has 1 aromatic rings. The van der Waals surface area contributed by atoms with Crippen molar-refractivity contribution in [2.24, 2.45) is 0 Å². The topological polar surface area (TPSA) is 90.3 Å². The molecule has 0 bridgehead atoms. The van der Waals surface area contributed by atoms with Crippen LogP contribution in [0.2, 0.25) is 0 Å². The number of urea groups is 1. The van der Waals surface area contributed by atoms with E-state index in [0.29, 0.717) is 29.3 Å². The smallest absolute Gasteiger partial charge is 0.338 e. The van der Waals surface area contributed by atoms with Crippen LogP contribution in [0.3, 0.4) is 0 Å². The number of hydrogen-bond acceptors (Lipinski definition) is 6. The summed E-state index contributed by atoms with van der Waals surface area (Å²) in [6.07, 6.45) is 0. The number of quaternary nitrogens is 1. The van der Waals surface area contributed by atoms with Crippen molar-refractivity contribution in [1.82, 2.24) is 10.6 Å². The molecule has 0 aliphatic carbocycles. The molecule has 1 fully saturated rings. The van der Waals surface area contributed by atoms with E-state index in [1.54, 1.807) is 19.1 Å². The van der Waals surface area contributed by atoms with E-state index >= 15 is 0 Å². The second kappa shape index (κ2) is 8.32. The van der Waals surface area contributed by atoms with E-state index in [-0.39, 0.29) is 19.4 Å². The van der Waals surface area contributed by atoms with E-state index in [1.165, 1.54) is 4.90 Å². The minimum absolute atomic E-state index is 0.166. The fourth-order valence-corrected chi connectivity index (χ4v) is 4.71. The van der Waals surface area contributed by atoms with Crippen molar-refractivity contribution in [1.29, 1.82) is 0 Å². The molecule has 0 saturated carbocycles. The predicted molar refractivity (Wildman–Crippen MR) is 104 cm³/mol. The van der Waals surface area contributed by atoms with Crippen LogP contribution in [-0.2, 0) is 9.53 Å². The first-order valence-corrected chi connectivity index (χ1v) is 10.6. The number of thioether (sulfide) groups is 1. The highest BCUT2D eigenvalue weighted by atomic mass is 32.2. The number of carbonyl (C=O) groups excluding carboxylic acids is 2. The lowest BCUT2D eigenvalue weighted by Crippen LogP contribution is -3.14. The maximum absolute atomic E-state index is 12.8. The SMILES string of the molecule is CCOC(=O)C1=C(C[NH+]2CCSCC2)NC(=O)N[C@@H]1c1ccc2c(c1)OCO2. The Kier molecular flexibility index (Phi) is 5.63. The molecule has 0 unspecified atom stereocenters. The molecule has 4 rings (SSSR count). The average Bonchev–Trinajstić information content (AvgIpc) is 3.16. The summed E-state index contributed by atoms with van der Waals surface area (Å²) < 4.78 is 16.1. The highest BCUT2D eigenvalue weighted by Gasteiger charge is 2.36. The van der Waals surface area contributed by atoms with Crippen LogP contribution in [0.4, 0.5) is 4.79 Å². The van der Waals surface area contributed by atoms with Crippen molar-refractivity contribution in [3.05, 3.63) is 35.0 Å². The molecule has 0 radical (unpaired) electrons. The number of rotatable bonds is 5. The van der Waals surface area contributed by atoms with E-state index in [4.69, 9.17) is 14.2 Å². The summed E-state index contributed by atoms with van der Waals surface area (Å²) in [4.78, 5) is 26.6. The summed E-state index contributed by atoms with van der Waals surface area (Å²) in [7, 11) is 0. The van der Waals surface area contributed by atoms with Gasteiger partial charge in [0.2, 0.25) is 6.79 Å². The van der Waals surface area contributed by atoms with Gasteiger partial charge in [0.1, 0.15) is 6.54 Å². The summed E-state index contributed by atoms with van der Waals surface area (Å²) in [6, 6.07) is 4.51. The number of nitrogens with one attached hydrogen (secondary N) is 3. The largest absolute Gasteiger partial charge is 0.463 e. The number of hydrogen-bond donors (Lipinski definition) is 3. The van der Waals surface area contributed by atoms with Crippen LogP contribution in [0, 0.1) is 0 Å². The Morgan fingerprint density at radius 3 is 2.86 bits per heavy atom. The fourth-order valence-electron chi connectivity index (χ4n) is 3.64. The van der Waals surface area contributed by atoms with Crippen LogP contribution < -0.4 is 25.0 Å². The van der Waals surface area contributed by atoms with E-state index < -0.39 is 12.0 Å². The van der Waals surface area contributed by atoms with Crippen molar-refractivity contribution in [2.75, 3.05) is 44.5 Å². The molecule has 1 atom stereocenters. The van der Waals surface area contributed by atoms with Crippen molar-refractivity contribution in [3.8, 4) is 11.5 Å². The molecule has 1 saturated heterocycles. The highest BCUT2D eigenvalue weighted by molar-refractivity contribution is 7.99. The molecule has 3 heterocycles. The van der Waals surface area contributed by atoms with Crippen LogP contribution in [0.1, 0.15) is 18.5 Å². The molecular formula is C19H24N3O5S+. The van der Waals surface area contributed by atoms with Gasteiger partial charge in [0, 0.05) is 11.5 Å². The lowest BCUT2D eigenvalue weighted by Gasteiger charge is -2.31. The first kappa shape index (κ1) is 18.9. The first-order valence-electron chi connectivity index (χ1n) is 9.44. The Morgan fingerprint density at radius 1 is 1.29 bits per heavy atom. The predicted octanol–water partition coefficient (Wildman–Crippen LogP) is 0.218. The van der Waals surface area contributed by atoms with Gasteiger partial charge in [-0.25, -0.2) is 9.59 Å². The third kappa shape index (κ3) is 3.90.